The summed E-state index contributed by atoms with van der Waals surface area (Å²) in [6, 6.07) is 20.8. The maximum atomic E-state index is 12.7. The number of para-hydroxylation sites is 2. The molecular formula is C26H26ClN3O4S. The molecule has 0 aliphatic heterocycles. The van der Waals surface area contributed by atoms with E-state index in [1.807, 2.05) is 13.8 Å². The van der Waals surface area contributed by atoms with Crippen LogP contribution in [0.2, 0.25) is 5.02 Å². The molecule has 0 saturated carbocycles. The smallest absolute Gasteiger partial charge is 0.265 e. The van der Waals surface area contributed by atoms with Gasteiger partial charge in [-0.05, 0) is 81.5 Å². The van der Waals surface area contributed by atoms with Crippen LogP contribution < -0.4 is 25.4 Å². The Kier molecular flexibility index (Phi) is 9.05. The monoisotopic (exact) mass is 511 g/mol. The molecular weight excluding hydrogens is 486 g/mol. The fraction of sp³-hybridized carbons (Fsp3) is 0.192. The predicted octanol–water partition coefficient (Wildman–Crippen LogP) is 5.66. The lowest BCUT2D eigenvalue weighted by atomic mass is 10.2. The summed E-state index contributed by atoms with van der Waals surface area (Å²) in [7, 11) is 0. The molecule has 182 valence electrons. The molecule has 3 aromatic carbocycles. The molecule has 0 aromatic heterocycles. The van der Waals surface area contributed by atoms with Crippen LogP contribution in [0.3, 0.4) is 0 Å². The van der Waals surface area contributed by atoms with Crippen LogP contribution in [0, 0.1) is 0 Å². The number of nitrogens with one attached hydrogen (secondary N) is 3. The van der Waals surface area contributed by atoms with Gasteiger partial charge in [-0.3, -0.25) is 14.9 Å². The molecule has 3 N–H and O–H groups in total. The van der Waals surface area contributed by atoms with Gasteiger partial charge in [-0.15, -0.1) is 0 Å². The average molecular weight is 512 g/mol. The van der Waals surface area contributed by atoms with Crippen molar-refractivity contribution in [3.8, 4) is 11.5 Å². The molecule has 7 nitrogen and oxygen atoms in total. The number of rotatable bonds is 8. The Hall–Kier alpha value is -3.62. The fourth-order valence-electron chi connectivity index (χ4n) is 3.01. The quantitative estimate of drug-likeness (QED) is 0.338. The van der Waals surface area contributed by atoms with E-state index in [2.05, 4.69) is 16.0 Å². The van der Waals surface area contributed by atoms with Gasteiger partial charge in [-0.25, -0.2) is 0 Å². The third kappa shape index (κ3) is 7.70. The minimum absolute atomic E-state index is 0.0706. The Morgan fingerprint density at radius 2 is 1.37 bits per heavy atom. The third-order valence-electron chi connectivity index (χ3n) is 4.64. The Bertz CT molecular complexity index is 1200. The number of carbonyl (C=O) groups is 2. The molecule has 3 aromatic rings. The van der Waals surface area contributed by atoms with Gasteiger partial charge in [0.15, 0.2) is 11.2 Å². The SMILES string of the molecule is CC(C)Oc1ccccc1C(=O)NC(=S)Nc1ccc(NC(=O)C(C)Oc2ccccc2Cl)cc1. The highest BCUT2D eigenvalue weighted by Crippen LogP contribution is 2.24. The molecule has 0 aliphatic carbocycles. The molecule has 0 bridgehead atoms. The lowest BCUT2D eigenvalue weighted by Gasteiger charge is -2.16. The molecule has 0 fully saturated rings. The van der Waals surface area contributed by atoms with E-state index in [1.54, 1.807) is 79.7 Å². The Morgan fingerprint density at radius 3 is 2.00 bits per heavy atom. The van der Waals surface area contributed by atoms with E-state index in [4.69, 9.17) is 33.3 Å². The molecule has 35 heavy (non-hydrogen) atoms. The number of ether oxygens (including phenoxy) is 2. The van der Waals surface area contributed by atoms with Gasteiger partial charge in [0.25, 0.3) is 11.8 Å². The summed E-state index contributed by atoms with van der Waals surface area (Å²) in [4.78, 5) is 25.1. The van der Waals surface area contributed by atoms with Gasteiger partial charge in [0.2, 0.25) is 0 Å². The van der Waals surface area contributed by atoms with Gasteiger partial charge < -0.3 is 20.1 Å². The molecule has 3 rings (SSSR count). The van der Waals surface area contributed by atoms with Crippen LogP contribution >= 0.6 is 23.8 Å². The standard InChI is InChI=1S/C26H26ClN3O4S/c1-16(2)33-22-10-6-4-8-20(22)25(32)30-26(35)29-19-14-12-18(13-15-19)28-24(31)17(3)34-23-11-7-5-9-21(23)27/h4-17H,1-3H3,(H,28,31)(H2,29,30,32,35). The highest BCUT2D eigenvalue weighted by molar-refractivity contribution is 7.80. The molecule has 0 saturated heterocycles. The van der Waals surface area contributed by atoms with E-state index in [0.29, 0.717) is 33.5 Å². The van der Waals surface area contributed by atoms with Crippen molar-refractivity contribution in [2.75, 3.05) is 10.6 Å². The highest BCUT2D eigenvalue weighted by Gasteiger charge is 2.17. The second-order valence-electron chi connectivity index (χ2n) is 7.83. The van der Waals surface area contributed by atoms with Crippen LogP contribution in [0.5, 0.6) is 11.5 Å². The minimum atomic E-state index is -0.752. The molecule has 0 spiro atoms. The summed E-state index contributed by atoms with van der Waals surface area (Å²) in [5.74, 6) is 0.215. The van der Waals surface area contributed by atoms with Gasteiger partial charge in [0.05, 0.1) is 16.7 Å². The van der Waals surface area contributed by atoms with Crippen LogP contribution in [-0.2, 0) is 4.79 Å². The molecule has 9 heteroatoms. The molecule has 1 atom stereocenters. The first-order chi connectivity index (χ1) is 16.7. The van der Waals surface area contributed by atoms with E-state index >= 15 is 0 Å². The average Bonchev–Trinajstić information content (AvgIpc) is 2.81. The van der Waals surface area contributed by atoms with E-state index < -0.39 is 6.10 Å². The Balaban J connectivity index is 1.53. The van der Waals surface area contributed by atoms with Crippen LogP contribution in [0.15, 0.2) is 72.8 Å². The van der Waals surface area contributed by atoms with Gasteiger partial charge >= 0.3 is 0 Å². The van der Waals surface area contributed by atoms with Crippen molar-refractivity contribution < 1.29 is 19.1 Å². The van der Waals surface area contributed by atoms with Crippen LogP contribution in [-0.4, -0.2) is 29.1 Å². The summed E-state index contributed by atoms with van der Waals surface area (Å²) in [5, 5.41) is 8.95. The molecule has 0 radical (unpaired) electrons. The summed E-state index contributed by atoms with van der Waals surface area (Å²) in [6.07, 6.45) is -0.822. The number of carbonyl (C=O) groups excluding carboxylic acids is 2. The van der Waals surface area contributed by atoms with Gasteiger partial charge in [-0.1, -0.05) is 35.9 Å². The Morgan fingerprint density at radius 1 is 0.800 bits per heavy atom. The first-order valence-electron chi connectivity index (χ1n) is 10.9. The molecule has 0 aliphatic rings. The number of halogens is 1. The highest BCUT2D eigenvalue weighted by atomic mass is 35.5. The second kappa shape index (κ2) is 12.2. The first kappa shape index (κ1) is 26.0. The maximum Gasteiger partial charge on any atom is 0.265 e. The predicted molar refractivity (Wildman–Crippen MR) is 143 cm³/mol. The summed E-state index contributed by atoms with van der Waals surface area (Å²) >= 11 is 11.4. The molecule has 0 heterocycles. The lowest BCUT2D eigenvalue weighted by Crippen LogP contribution is -2.34. The van der Waals surface area contributed by atoms with Gasteiger partial charge in [-0.2, -0.15) is 0 Å². The summed E-state index contributed by atoms with van der Waals surface area (Å²) < 4.78 is 11.3. The van der Waals surface area contributed by atoms with Crippen molar-refractivity contribution in [3.05, 3.63) is 83.4 Å². The maximum absolute atomic E-state index is 12.7. The number of hydrogen-bond donors (Lipinski definition) is 3. The van der Waals surface area contributed by atoms with E-state index in [-0.39, 0.29) is 23.0 Å². The number of anilines is 2. The van der Waals surface area contributed by atoms with Gasteiger partial charge in [0, 0.05) is 11.4 Å². The zero-order valence-corrected chi connectivity index (χ0v) is 21.1. The fourth-order valence-corrected chi connectivity index (χ4v) is 3.40. The second-order valence-corrected chi connectivity index (χ2v) is 8.64. The minimum Gasteiger partial charge on any atom is -0.490 e. The Labute approximate surface area is 214 Å². The largest absolute Gasteiger partial charge is 0.490 e. The van der Waals surface area contributed by atoms with Crippen molar-refractivity contribution in [1.29, 1.82) is 0 Å². The van der Waals surface area contributed by atoms with Crippen molar-refractivity contribution >= 4 is 52.1 Å². The molecule has 1 unspecified atom stereocenters. The summed E-state index contributed by atoms with van der Waals surface area (Å²) in [5.41, 5.74) is 1.60. The topological polar surface area (TPSA) is 88.7 Å². The van der Waals surface area contributed by atoms with Crippen LogP contribution in [0.4, 0.5) is 11.4 Å². The normalized spacial score (nSPS) is 11.3. The van der Waals surface area contributed by atoms with E-state index in [0.717, 1.165) is 0 Å². The van der Waals surface area contributed by atoms with Crippen LogP contribution in [0.1, 0.15) is 31.1 Å². The van der Waals surface area contributed by atoms with Crippen molar-refractivity contribution in [2.24, 2.45) is 0 Å². The number of benzene rings is 3. The summed E-state index contributed by atoms with van der Waals surface area (Å²) in [6.45, 7) is 5.42. The lowest BCUT2D eigenvalue weighted by molar-refractivity contribution is -0.122. The van der Waals surface area contributed by atoms with Crippen molar-refractivity contribution in [1.82, 2.24) is 5.32 Å². The first-order valence-corrected chi connectivity index (χ1v) is 11.7. The van der Waals surface area contributed by atoms with E-state index in [1.165, 1.54) is 0 Å². The zero-order valence-electron chi connectivity index (χ0n) is 19.5. The number of amides is 2. The van der Waals surface area contributed by atoms with Crippen molar-refractivity contribution in [2.45, 2.75) is 33.0 Å². The van der Waals surface area contributed by atoms with Crippen molar-refractivity contribution in [3.63, 3.8) is 0 Å². The number of thiocarbonyl (C=S) groups is 1. The van der Waals surface area contributed by atoms with Gasteiger partial charge in [0.1, 0.15) is 11.5 Å². The molecule has 2 amide bonds. The number of hydrogen-bond acceptors (Lipinski definition) is 5. The van der Waals surface area contributed by atoms with E-state index in [9.17, 15) is 9.59 Å². The van der Waals surface area contributed by atoms with Crippen LogP contribution in [0.25, 0.3) is 0 Å². The zero-order chi connectivity index (χ0) is 25.4. The third-order valence-corrected chi connectivity index (χ3v) is 5.16.